The summed E-state index contributed by atoms with van der Waals surface area (Å²) in [5, 5.41) is 3.00. The number of hydrogen-bond acceptors (Lipinski definition) is 2. The highest BCUT2D eigenvalue weighted by Crippen LogP contribution is 2.12. The number of ether oxygens (including phenoxy) is 1. The molecule has 0 radical (unpaired) electrons. The van der Waals surface area contributed by atoms with Crippen LogP contribution in [-0.2, 0) is 13.0 Å². The number of aryl methyl sites for hydroxylation is 1. The van der Waals surface area contributed by atoms with Gasteiger partial charge >= 0.3 is 6.03 Å². The average Bonchev–Trinajstić information content (AvgIpc) is 2.59. The maximum Gasteiger partial charge on any atom is 0.317 e. The van der Waals surface area contributed by atoms with E-state index in [9.17, 15) is 4.79 Å². The van der Waals surface area contributed by atoms with Gasteiger partial charge in [0.05, 0.1) is 7.11 Å². The van der Waals surface area contributed by atoms with Gasteiger partial charge in [-0.3, -0.25) is 0 Å². The molecule has 0 atom stereocenters. The van der Waals surface area contributed by atoms with E-state index < -0.39 is 0 Å². The zero-order valence-electron chi connectivity index (χ0n) is 14.7. The quantitative estimate of drug-likeness (QED) is 0.841. The molecule has 2 rings (SSSR count). The SMILES string of the molecule is CCN(Cc1cccc(C)c1)C(=O)NCCc1cccc(OC)c1. The first-order valence-corrected chi connectivity index (χ1v) is 8.33. The Hall–Kier alpha value is -2.49. The van der Waals surface area contributed by atoms with E-state index in [0.717, 1.165) is 23.3 Å². The molecule has 128 valence electrons. The van der Waals surface area contributed by atoms with Crippen LogP contribution in [0.2, 0.25) is 0 Å². The number of carbonyl (C=O) groups excluding carboxylic acids is 1. The fraction of sp³-hybridized carbons (Fsp3) is 0.350. The fourth-order valence-corrected chi connectivity index (χ4v) is 2.61. The third-order valence-electron chi connectivity index (χ3n) is 3.95. The van der Waals surface area contributed by atoms with Gasteiger partial charge in [0.1, 0.15) is 5.75 Å². The van der Waals surface area contributed by atoms with Gasteiger partial charge in [0.2, 0.25) is 0 Å². The first-order valence-electron chi connectivity index (χ1n) is 8.33. The normalized spacial score (nSPS) is 10.3. The largest absolute Gasteiger partial charge is 0.497 e. The first-order chi connectivity index (χ1) is 11.6. The Bertz CT molecular complexity index is 670. The van der Waals surface area contributed by atoms with Crippen molar-refractivity contribution >= 4 is 6.03 Å². The number of rotatable bonds is 7. The number of amides is 2. The number of nitrogens with one attached hydrogen (secondary N) is 1. The second-order valence-corrected chi connectivity index (χ2v) is 5.84. The summed E-state index contributed by atoms with van der Waals surface area (Å²) in [5.74, 6) is 0.841. The van der Waals surface area contributed by atoms with Crippen molar-refractivity contribution in [2.75, 3.05) is 20.2 Å². The van der Waals surface area contributed by atoms with Crippen molar-refractivity contribution in [2.45, 2.75) is 26.8 Å². The third kappa shape index (κ3) is 5.30. The second kappa shape index (κ2) is 8.96. The molecule has 2 aromatic rings. The minimum absolute atomic E-state index is 0.0260. The van der Waals surface area contributed by atoms with Gasteiger partial charge in [0, 0.05) is 19.6 Å². The van der Waals surface area contributed by atoms with Gasteiger partial charge in [-0.15, -0.1) is 0 Å². The van der Waals surface area contributed by atoms with Gasteiger partial charge in [-0.1, -0.05) is 42.0 Å². The van der Waals surface area contributed by atoms with E-state index in [2.05, 4.69) is 30.4 Å². The topological polar surface area (TPSA) is 41.6 Å². The van der Waals surface area contributed by atoms with Crippen molar-refractivity contribution in [3.8, 4) is 5.75 Å². The number of carbonyl (C=O) groups is 1. The van der Waals surface area contributed by atoms with Crippen molar-refractivity contribution in [1.82, 2.24) is 10.2 Å². The van der Waals surface area contributed by atoms with E-state index in [1.807, 2.05) is 42.2 Å². The summed E-state index contributed by atoms with van der Waals surface area (Å²) in [6.45, 7) is 5.98. The monoisotopic (exact) mass is 326 g/mol. The lowest BCUT2D eigenvalue weighted by atomic mass is 10.1. The van der Waals surface area contributed by atoms with Crippen LogP contribution in [-0.4, -0.2) is 31.1 Å². The molecule has 2 amide bonds. The molecule has 24 heavy (non-hydrogen) atoms. The van der Waals surface area contributed by atoms with Crippen LogP contribution in [0.25, 0.3) is 0 Å². The minimum Gasteiger partial charge on any atom is -0.497 e. The minimum atomic E-state index is -0.0260. The van der Waals surface area contributed by atoms with Gasteiger partial charge in [0.25, 0.3) is 0 Å². The standard InChI is InChI=1S/C20H26N2O2/c1-4-22(15-18-9-5-7-16(2)13-18)20(23)21-12-11-17-8-6-10-19(14-17)24-3/h5-10,13-14H,4,11-12,15H2,1-3H3,(H,21,23). The Morgan fingerprint density at radius 2 is 1.88 bits per heavy atom. The highest BCUT2D eigenvalue weighted by Gasteiger charge is 2.11. The number of benzene rings is 2. The van der Waals surface area contributed by atoms with Crippen molar-refractivity contribution in [1.29, 1.82) is 0 Å². The van der Waals surface area contributed by atoms with Crippen molar-refractivity contribution in [3.63, 3.8) is 0 Å². The number of urea groups is 1. The summed E-state index contributed by atoms with van der Waals surface area (Å²) in [4.78, 5) is 14.2. The fourth-order valence-electron chi connectivity index (χ4n) is 2.61. The molecule has 2 aromatic carbocycles. The van der Waals surface area contributed by atoms with E-state index in [1.54, 1.807) is 7.11 Å². The Labute approximate surface area is 144 Å². The van der Waals surface area contributed by atoms with Crippen LogP contribution in [0.3, 0.4) is 0 Å². The van der Waals surface area contributed by atoms with Crippen molar-refractivity contribution in [3.05, 3.63) is 65.2 Å². The molecule has 0 aliphatic heterocycles. The lowest BCUT2D eigenvalue weighted by molar-refractivity contribution is 0.198. The zero-order chi connectivity index (χ0) is 17.4. The van der Waals surface area contributed by atoms with Crippen LogP contribution < -0.4 is 10.1 Å². The summed E-state index contributed by atoms with van der Waals surface area (Å²) in [7, 11) is 1.66. The van der Waals surface area contributed by atoms with Crippen LogP contribution in [0.4, 0.5) is 4.79 Å². The molecule has 0 heterocycles. The molecule has 0 saturated heterocycles. The summed E-state index contributed by atoms with van der Waals surface area (Å²) in [6.07, 6.45) is 0.783. The van der Waals surface area contributed by atoms with Gasteiger partial charge in [-0.05, 0) is 43.5 Å². The Balaban J connectivity index is 1.85. The van der Waals surface area contributed by atoms with E-state index in [1.165, 1.54) is 5.56 Å². The molecule has 0 aromatic heterocycles. The van der Waals surface area contributed by atoms with Crippen LogP contribution in [0.1, 0.15) is 23.6 Å². The van der Waals surface area contributed by atoms with Gasteiger partial charge < -0.3 is 15.0 Å². The number of hydrogen-bond donors (Lipinski definition) is 1. The molecular weight excluding hydrogens is 300 g/mol. The molecule has 0 aliphatic rings. The molecule has 1 N–H and O–H groups in total. The maximum atomic E-state index is 12.4. The average molecular weight is 326 g/mol. The van der Waals surface area contributed by atoms with Crippen LogP contribution in [0.15, 0.2) is 48.5 Å². The molecule has 0 unspecified atom stereocenters. The molecule has 0 fully saturated rings. The van der Waals surface area contributed by atoms with Gasteiger partial charge in [-0.25, -0.2) is 4.79 Å². The van der Waals surface area contributed by atoms with Crippen LogP contribution in [0, 0.1) is 6.92 Å². The number of nitrogens with zero attached hydrogens (tertiary/aromatic N) is 1. The molecule has 0 saturated carbocycles. The van der Waals surface area contributed by atoms with Gasteiger partial charge in [0.15, 0.2) is 0 Å². The van der Waals surface area contributed by atoms with Crippen LogP contribution in [0.5, 0.6) is 5.75 Å². The molecule has 0 bridgehead atoms. The zero-order valence-corrected chi connectivity index (χ0v) is 14.7. The predicted molar refractivity (Wildman–Crippen MR) is 97.4 cm³/mol. The lowest BCUT2D eigenvalue weighted by Gasteiger charge is -2.21. The molecule has 0 aliphatic carbocycles. The highest BCUT2D eigenvalue weighted by atomic mass is 16.5. The molecule has 0 spiro atoms. The smallest absolute Gasteiger partial charge is 0.317 e. The molecular formula is C20H26N2O2. The Kier molecular flexibility index (Phi) is 6.67. The van der Waals surface area contributed by atoms with E-state index in [4.69, 9.17) is 4.74 Å². The molecule has 4 heteroatoms. The predicted octanol–water partition coefficient (Wildman–Crippen LogP) is 3.78. The van der Waals surface area contributed by atoms with Crippen LogP contribution >= 0.6 is 0 Å². The molecule has 4 nitrogen and oxygen atoms in total. The summed E-state index contributed by atoms with van der Waals surface area (Å²) in [6, 6.07) is 16.2. The Morgan fingerprint density at radius 3 is 2.58 bits per heavy atom. The lowest BCUT2D eigenvalue weighted by Crippen LogP contribution is -2.40. The van der Waals surface area contributed by atoms with E-state index in [0.29, 0.717) is 19.6 Å². The van der Waals surface area contributed by atoms with E-state index >= 15 is 0 Å². The summed E-state index contributed by atoms with van der Waals surface area (Å²) < 4.78 is 5.22. The van der Waals surface area contributed by atoms with Gasteiger partial charge in [-0.2, -0.15) is 0 Å². The number of methoxy groups -OCH3 is 1. The summed E-state index contributed by atoms with van der Waals surface area (Å²) >= 11 is 0. The van der Waals surface area contributed by atoms with Crippen molar-refractivity contribution < 1.29 is 9.53 Å². The third-order valence-corrected chi connectivity index (χ3v) is 3.95. The Morgan fingerprint density at radius 1 is 1.12 bits per heavy atom. The van der Waals surface area contributed by atoms with Crippen molar-refractivity contribution in [2.24, 2.45) is 0 Å². The first kappa shape index (κ1) is 17.9. The maximum absolute atomic E-state index is 12.4. The second-order valence-electron chi connectivity index (χ2n) is 5.84. The van der Waals surface area contributed by atoms with E-state index in [-0.39, 0.29) is 6.03 Å². The summed E-state index contributed by atoms with van der Waals surface area (Å²) in [5.41, 5.74) is 3.51. The highest BCUT2D eigenvalue weighted by molar-refractivity contribution is 5.74.